The molecule has 176 valence electrons. The first-order chi connectivity index (χ1) is 16.4. The van der Waals surface area contributed by atoms with E-state index in [0.717, 1.165) is 10.0 Å². The van der Waals surface area contributed by atoms with Gasteiger partial charge in [-0.25, -0.2) is 5.43 Å². The lowest BCUT2D eigenvalue weighted by molar-refractivity contribution is -0.124. The van der Waals surface area contributed by atoms with Gasteiger partial charge in [0.2, 0.25) is 11.8 Å². The first-order valence-electron chi connectivity index (χ1n) is 10.4. The third-order valence-corrected chi connectivity index (χ3v) is 5.52. The monoisotopic (exact) mass is 543 g/mol. The Bertz CT molecular complexity index is 1170. The van der Waals surface area contributed by atoms with Crippen LogP contribution in [0.1, 0.15) is 24.0 Å². The van der Waals surface area contributed by atoms with Crippen molar-refractivity contribution >= 4 is 51.2 Å². The van der Waals surface area contributed by atoms with Crippen molar-refractivity contribution in [1.82, 2.24) is 5.43 Å². The smallest absolute Gasteiger partial charge is 0.240 e. The van der Waals surface area contributed by atoms with Crippen LogP contribution in [0, 0.1) is 0 Å². The molecule has 9 heteroatoms. The van der Waals surface area contributed by atoms with Gasteiger partial charge < -0.3 is 14.8 Å². The standard InChI is InChI=1S/C25H23BrClN3O4/c1-33-21-9-7-20(8-10-21)29-24(31)12-13-25(32)30-28-15-18-14-19(26)6-11-23(18)34-16-17-4-2-3-5-22(17)27/h2-11,14-15H,12-13,16H2,1H3,(H,29,31)(H,30,32). The first kappa shape index (κ1) is 25.3. The third kappa shape index (κ3) is 7.90. The molecular weight excluding hydrogens is 522 g/mol. The Balaban J connectivity index is 1.49. The molecule has 0 heterocycles. The van der Waals surface area contributed by atoms with Gasteiger partial charge in [-0.3, -0.25) is 9.59 Å². The van der Waals surface area contributed by atoms with E-state index in [1.54, 1.807) is 43.5 Å². The van der Waals surface area contributed by atoms with Crippen molar-refractivity contribution in [2.45, 2.75) is 19.4 Å². The van der Waals surface area contributed by atoms with Crippen LogP contribution < -0.4 is 20.2 Å². The van der Waals surface area contributed by atoms with Gasteiger partial charge in [0, 0.05) is 39.2 Å². The van der Waals surface area contributed by atoms with Crippen molar-refractivity contribution < 1.29 is 19.1 Å². The number of nitrogens with one attached hydrogen (secondary N) is 2. The number of anilines is 1. The number of amides is 2. The maximum absolute atomic E-state index is 12.1. The van der Waals surface area contributed by atoms with Gasteiger partial charge in [-0.15, -0.1) is 0 Å². The fourth-order valence-corrected chi connectivity index (χ4v) is 3.45. The number of hydrazone groups is 1. The maximum atomic E-state index is 12.1. The zero-order valence-electron chi connectivity index (χ0n) is 18.4. The van der Waals surface area contributed by atoms with Crippen molar-refractivity contribution in [3.8, 4) is 11.5 Å². The summed E-state index contributed by atoms with van der Waals surface area (Å²) in [6.07, 6.45) is 1.51. The van der Waals surface area contributed by atoms with Crippen LogP contribution in [0.5, 0.6) is 11.5 Å². The van der Waals surface area contributed by atoms with Crippen LogP contribution >= 0.6 is 27.5 Å². The number of nitrogens with zero attached hydrogens (tertiary/aromatic N) is 1. The second-order valence-corrected chi connectivity index (χ2v) is 8.45. The molecule has 2 amide bonds. The van der Waals surface area contributed by atoms with Crippen LogP contribution in [0.25, 0.3) is 0 Å². The molecule has 7 nitrogen and oxygen atoms in total. The average Bonchev–Trinajstić information content (AvgIpc) is 2.83. The normalized spacial score (nSPS) is 10.7. The summed E-state index contributed by atoms with van der Waals surface area (Å²) >= 11 is 9.61. The Labute approximate surface area is 211 Å². The molecule has 3 aromatic carbocycles. The number of halogens is 2. The van der Waals surface area contributed by atoms with Gasteiger partial charge in [0.25, 0.3) is 0 Å². The average molecular weight is 545 g/mol. The number of carbonyl (C=O) groups is 2. The molecule has 34 heavy (non-hydrogen) atoms. The van der Waals surface area contributed by atoms with E-state index in [2.05, 4.69) is 31.8 Å². The van der Waals surface area contributed by atoms with Crippen LogP contribution in [-0.2, 0) is 16.2 Å². The van der Waals surface area contributed by atoms with Crippen LogP contribution in [0.2, 0.25) is 5.02 Å². The molecule has 0 saturated carbocycles. The van der Waals surface area contributed by atoms with Gasteiger partial charge in [0.05, 0.1) is 13.3 Å². The van der Waals surface area contributed by atoms with E-state index in [1.165, 1.54) is 6.21 Å². The first-order valence-corrected chi connectivity index (χ1v) is 11.5. The van der Waals surface area contributed by atoms with Crippen LogP contribution in [0.4, 0.5) is 5.69 Å². The molecule has 3 rings (SSSR count). The zero-order chi connectivity index (χ0) is 24.3. The van der Waals surface area contributed by atoms with Gasteiger partial charge in [0.15, 0.2) is 0 Å². The molecule has 2 N–H and O–H groups in total. The summed E-state index contributed by atoms with van der Waals surface area (Å²) in [6.45, 7) is 0.289. The number of benzene rings is 3. The molecule has 0 aliphatic heterocycles. The van der Waals surface area contributed by atoms with Crippen LogP contribution in [0.15, 0.2) is 76.3 Å². The summed E-state index contributed by atoms with van der Waals surface area (Å²) in [6, 6.07) is 19.8. The Morgan fingerprint density at radius 1 is 1.03 bits per heavy atom. The van der Waals surface area contributed by atoms with Crippen LogP contribution in [0.3, 0.4) is 0 Å². The molecule has 0 saturated heterocycles. The second kappa shape index (κ2) is 12.8. The molecule has 0 aliphatic carbocycles. The Kier molecular flexibility index (Phi) is 9.49. The van der Waals surface area contributed by atoms with E-state index in [1.807, 2.05) is 30.3 Å². The highest BCUT2D eigenvalue weighted by molar-refractivity contribution is 9.10. The SMILES string of the molecule is COc1ccc(NC(=O)CCC(=O)NN=Cc2cc(Br)ccc2OCc2ccccc2Cl)cc1. The highest BCUT2D eigenvalue weighted by Gasteiger charge is 2.08. The quantitative estimate of drug-likeness (QED) is 0.258. The van der Waals surface area contributed by atoms with Gasteiger partial charge in [-0.05, 0) is 48.5 Å². The predicted molar refractivity (Wildman–Crippen MR) is 137 cm³/mol. The summed E-state index contributed by atoms with van der Waals surface area (Å²) < 4.78 is 11.8. The van der Waals surface area contributed by atoms with Crippen molar-refractivity contribution in [2.24, 2.45) is 5.10 Å². The Morgan fingerprint density at radius 2 is 1.76 bits per heavy atom. The molecule has 0 aromatic heterocycles. The van der Waals surface area contributed by atoms with E-state index in [4.69, 9.17) is 21.1 Å². The van der Waals surface area contributed by atoms with Crippen molar-refractivity contribution in [3.05, 3.63) is 87.4 Å². The summed E-state index contributed by atoms with van der Waals surface area (Å²) in [5.74, 6) is 0.624. The second-order valence-electron chi connectivity index (χ2n) is 7.13. The molecule has 0 unspecified atom stereocenters. The minimum absolute atomic E-state index is 0.00627. The van der Waals surface area contributed by atoms with Gasteiger partial charge in [0.1, 0.15) is 18.1 Å². The lowest BCUT2D eigenvalue weighted by Crippen LogP contribution is -2.20. The lowest BCUT2D eigenvalue weighted by atomic mass is 10.2. The van der Waals surface area contributed by atoms with Gasteiger partial charge in [-0.1, -0.05) is 45.7 Å². The third-order valence-electron chi connectivity index (χ3n) is 4.66. The van der Waals surface area contributed by atoms with Gasteiger partial charge >= 0.3 is 0 Å². The van der Waals surface area contributed by atoms with Crippen molar-refractivity contribution in [3.63, 3.8) is 0 Å². The molecule has 0 fully saturated rings. The highest BCUT2D eigenvalue weighted by Crippen LogP contribution is 2.24. The van der Waals surface area contributed by atoms with Gasteiger partial charge in [-0.2, -0.15) is 5.10 Å². The van der Waals surface area contributed by atoms with E-state index in [-0.39, 0.29) is 31.3 Å². The largest absolute Gasteiger partial charge is 0.497 e. The van der Waals surface area contributed by atoms with E-state index < -0.39 is 0 Å². The summed E-state index contributed by atoms with van der Waals surface area (Å²) in [7, 11) is 1.57. The Hall–Kier alpha value is -3.36. The molecule has 0 spiro atoms. The number of carbonyl (C=O) groups excluding carboxylic acids is 2. The molecule has 3 aromatic rings. The van der Waals surface area contributed by atoms with E-state index in [0.29, 0.717) is 27.8 Å². The number of ether oxygens (including phenoxy) is 2. The summed E-state index contributed by atoms with van der Waals surface area (Å²) in [4.78, 5) is 24.2. The summed E-state index contributed by atoms with van der Waals surface area (Å²) in [5.41, 5.74) is 4.59. The van der Waals surface area contributed by atoms with Crippen LogP contribution in [-0.4, -0.2) is 25.1 Å². The minimum Gasteiger partial charge on any atom is -0.497 e. The Morgan fingerprint density at radius 3 is 2.50 bits per heavy atom. The van der Waals surface area contributed by atoms with E-state index >= 15 is 0 Å². The molecule has 0 aliphatic rings. The van der Waals surface area contributed by atoms with Crippen molar-refractivity contribution in [2.75, 3.05) is 12.4 Å². The summed E-state index contributed by atoms with van der Waals surface area (Å²) in [5, 5.41) is 7.35. The topological polar surface area (TPSA) is 89.0 Å². The zero-order valence-corrected chi connectivity index (χ0v) is 20.7. The number of hydrogen-bond acceptors (Lipinski definition) is 5. The van der Waals surface area contributed by atoms with E-state index in [9.17, 15) is 9.59 Å². The molecular formula is C25H23BrClN3O4. The fraction of sp³-hybridized carbons (Fsp3) is 0.160. The lowest BCUT2D eigenvalue weighted by Gasteiger charge is -2.10. The maximum Gasteiger partial charge on any atom is 0.240 e. The fourth-order valence-electron chi connectivity index (χ4n) is 2.88. The number of methoxy groups -OCH3 is 1. The predicted octanol–water partition coefficient (Wildman–Crippen LogP) is 5.56. The molecule has 0 bridgehead atoms. The number of rotatable bonds is 10. The van der Waals surface area contributed by atoms with Crippen molar-refractivity contribution in [1.29, 1.82) is 0 Å². The number of hydrogen-bond donors (Lipinski definition) is 2. The highest BCUT2D eigenvalue weighted by atomic mass is 79.9. The minimum atomic E-state index is -0.380. The molecule has 0 radical (unpaired) electrons. The molecule has 0 atom stereocenters.